The molecule has 0 saturated carbocycles. The van der Waals surface area contributed by atoms with Crippen LogP contribution in [-0.4, -0.2) is 29.4 Å². The summed E-state index contributed by atoms with van der Waals surface area (Å²) in [7, 11) is 1.69. The normalized spacial score (nSPS) is 14.1. The van der Waals surface area contributed by atoms with Crippen LogP contribution in [0, 0.1) is 0 Å². The van der Waals surface area contributed by atoms with Gasteiger partial charge in [0.15, 0.2) is 0 Å². The molecule has 0 aliphatic rings. The van der Waals surface area contributed by atoms with Crippen molar-refractivity contribution in [1.82, 2.24) is 15.5 Å². The molecule has 1 N–H and O–H groups in total. The summed E-state index contributed by atoms with van der Waals surface area (Å²) < 4.78 is 5.20. The van der Waals surface area contributed by atoms with Crippen molar-refractivity contribution in [3.05, 3.63) is 10.0 Å². The molecule has 0 saturated heterocycles. The Morgan fingerprint density at radius 3 is 2.62 bits per heavy atom. The van der Waals surface area contributed by atoms with Crippen LogP contribution in [0.3, 0.4) is 0 Å². The van der Waals surface area contributed by atoms with E-state index >= 15 is 0 Å². The molecule has 0 radical (unpaired) electrons. The van der Waals surface area contributed by atoms with E-state index in [-0.39, 0.29) is 11.6 Å². The van der Waals surface area contributed by atoms with Gasteiger partial charge in [-0.25, -0.2) is 0 Å². The van der Waals surface area contributed by atoms with E-state index < -0.39 is 0 Å². The molecule has 1 aromatic heterocycles. The highest BCUT2D eigenvalue weighted by Crippen LogP contribution is 2.20. The summed E-state index contributed by atoms with van der Waals surface area (Å²) in [4.78, 5) is 0. The van der Waals surface area contributed by atoms with E-state index in [1.54, 1.807) is 18.4 Å². The van der Waals surface area contributed by atoms with Crippen LogP contribution in [0.5, 0.6) is 0 Å². The Morgan fingerprint density at radius 1 is 1.38 bits per heavy atom. The first-order valence-corrected chi connectivity index (χ1v) is 6.34. The zero-order valence-corrected chi connectivity index (χ0v) is 11.5. The number of hydrogen-bond acceptors (Lipinski definition) is 5. The van der Waals surface area contributed by atoms with Crippen molar-refractivity contribution < 1.29 is 4.74 Å². The highest BCUT2D eigenvalue weighted by molar-refractivity contribution is 7.11. The third-order valence-corrected chi connectivity index (χ3v) is 3.32. The van der Waals surface area contributed by atoms with Gasteiger partial charge in [0.1, 0.15) is 16.1 Å². The standard InChI is InChI=1S/C11H21N3OS/c1-8(15-5)10-14-13-9(16-10)6-7-12-11(2,3)4/h8,12H,6-7H2,1-5H3. The van der Waals surface area contributed by atoms with Crippen molar-refractivity contribution in [3.63, 3.8) is 0 Å². The van der Waals surface area contributed by atoms with Crippen molar-refractivity contribution >= 4 is 11.3 Å². The molecule has 0 aliphatic heterocycles. The van der Waals surface area contributed by atoms with Crippen LogP contribution in [0.2, 0.25) is 0 Å². The largest absolute Gasteiger partial charge is 0.374 e. The molecule has 1 atom stereocenters. The lowest BCUT2D eigenvalue weighted by atomic mass is 10.1. The molecule has 5 heteroatoms. The third kappa shape index (κ3) is 4.55. The first-order valence-electron chi connectivity index (χ1n) is 5.52. The van der Waals surface area contributed by atoms with Crippen molar-refractivity contribution in [2.24, 2.45) is 0 Å². The molecule has 16 heavy (non-hydrogen) atoms. The van der Waals surface area contributed by atoms with Crippen LogP contribution in [0.1, 0.15) is 43.8 Å². The number of hydrogen-bond donors (Lipinski definition) is 1. The van der Waals surface area contributed by atoms with E-state index in [0.29, 0.717) is 0 Å². The number of rotatable bonds is 5. The fourth-order valence-corrected chi connectivity index (χ4v) is 2.05. The Kier molecular flexibility index (Phi) is 4.83. The minimum absolute atomic E-state index is 0.0434. The van der Waals surface area contributed by atoms with E-state index in [1.807, 2.05) is 6.92 Å². The lowest BCUT2D eigenvalue weighted by molar-refractivity contribution is 0.118. The summed E-state index contributed by atoms with van der Waals surface area (Å²) in [6, 6.07) is 0. The van der Waals surface area contributed by atoms with E-state index in [0.717, 1.165) is 23.0 Å². The predicted octanol–water partition coefficient (Wildman–Crippen LogP) is 2.18. The number of nitrogens with zero attached hydrogens (tertiary/aromatic N) is 2. The van der Waals surface area contributed by atoms with Crippen LogP contribution in [0.25, 0.3) is 0 Å². The summed E-state index contributed by atoms with van der Waals surface area (Å²) >= 11 is 1.63. The van der Waals surface area contributed by atoms with Gasteiger partial charge in [-0.15, -0.1) is 10.2 Å². The van der Waals surface area contributed by atoms with Crippen molar-refractivity contribution in [2.75, 3.05) is 13.7 Å². The highest BCUT2D eigenvalue weighted by Gasteiger charge is 2.12. The molecule has 1 rings (SSSR count). The fraction of sp³-hybridized carbons (Fsp3) is 0.818. The average Bonchev–Trinajstić information content (AvgIpc) is 2.63. The summed E-state index contributed by atoms with van der Waals surface area (Å²) in [6.45, 7) is 9.39. The Morgan fingerprint density at radius 2 is 2.06 bits per heavy atom. The summed E-state index contributed by atoms with van der Waals surface area (Å²) in [5.74, 6) is 0. The smallest absolute Gasteiger partial charge is 0.146 e. The predicted molar refractivity (Wildman–Crippen MR) is 66.8 cm³/mol. The Balaban J connectivity index is 2.41. The second kappa shape index (κ2) is 5.70. The van der Waals surface area contributed by atoms with Crippen LogP contribution >= 0.6 is 11.3 Å². The van der Waals surface area contributed by atoms with Crippen LogP contribution in [-0.2, 0) is 11.2 Å². The summed E-state index contributed by atoms with van der Waals surface area (Å²) in [6.07, 6.45) is 0.965. The van der Waals surface area contributed by atoms with Crippen LogP contribution < -0.4 is 5.32 Å². The molecular formula is C11H21N3OS. The quantitative estimate of drug-likeness (QED) is 0.861. The maximum absolute atomic E-state index is 5.20. The lowest BCUT2D eigenvalue weighted by Crippen LogP contribution is -2.37. The van der Waals surface area contributed by atoms with E-state index in [9.17, 15) is 0 Å². The minimum Gasteiger partial charge on any atom is -0.374 e. The molecule has 0 fully saturated rings. The molecule has 0 aliphatic carbocycles. The molecule has 4 nitrogen and oxygen atoms in total. The summed E-state index contributed by atoms with van der Waals surface area (Å²) in [5, 5.41) is 13.7. The first-order chi connectivity index (χ1) is 7.42. The van der Waals surface area contributed by atoms with Gasteiger partial charge in [0.2, 0.25) is 0 Å². The molecule has 1 heterocycles. The third-order valence-electron chi connectivity index (χ3n) is 2.18. The maximum atomic E-state index is 5.20. The molecule has 1 aromatic rings. The molecule has 92 valence electrons. The molecule has 0 amide bonds. The van der Waals surface area contributed by atoms with Gasteiger partial charge in [0.05, 0.1) is 0 Å². The van der Waals surface area contributed by atoms with E-state index in [2.05, 4.69) is 36.3 Å². The monoisotopic (exact) mass is 243 g/mol. The number of methoxy groups -OCH3 is 1. The van der Waals surface area contributed by atoms with Gasteiger partial charge in [0, 0.05) is 25.6 Å². The second-order valence-electron chi connectivity index (χ2n) is 4.84. The number of ether oxygens (including phenoxy) is 1. The van der Waals surface area contributed by atoms with Crippen molar-refractivity contribution in [1.29, 1.82) is 0 Å². The Hall–Kier alpha value is -0.520. The molecule has 0 spiro atoms. The zero-order valence-electron chi connectivity index (χ0n) is 10.7. The lowest BCUT2D eigenvalue weighted by Gasteiger charge is -2.19. The zero-order chi connectivity index (χ0) is 12.2. The number of nitrogens with one attached hydrogen (secondary N) is 1. The highest BCUT2D eigenvalue weighted by atomic mass is 32.1. The molecule has 0 bridgehead atoms. The van der Waals surface area contributed by atoms with Gasteiger partial charge in [0.25, 0.3) is 0 Å². The summed E-state index contributed by atoms with van der Waals surface area (Å²) in [5.41, 5.74) is 0.160. The Bertz CT molecular complexity index is 319. The maximum Gasteiger partial charge on any atom is 0.146 e. The van der Waals surface area contributed by atoms with E-state index in [4.69, 9.17) is 4.74 Å². The Labute approximate surface area is 101 Å². The topological polar surface area (TPSA) is 47.0 Å². The van der Waals surface area contributed by atoms with Gasteiger partial charge in [-0.2, -0.15) is 0 Å². The molecular weight excluding hydrogens is 222 g/mol. The van der Waals surface area contributed by atoms with E-state index in [1.165, 1.54) is 0 Å². The average molecular weight is 243 g/mol. The van der Waals surface area contributed by atoms with Gasteiger partial charge in [-0.1, -0.05) is 11.3 Å². The van der Waals surface area contributed by atoms with Crippen LogP contribution in [0.15, 0.2) is 0 Å². The van der Waals surface area contributed by atoms with Gasteiger partial charge in [-0.05, 0) is 27.7 Å². The molecule has 0 aromatic carbocycles. The van der Waals surface area contributed by atoms with Crippen molar-refractivity contribution in [2.45, 2.75) is 45.8 Å². The second-order valence-corrected chi connectivity index (χ2v) is 5.93. The molecule has 1 unspecified atom stereocenters. The van der Waals surface area contributed by atoms with Crippen LogP contribution in [0.4, 0.5) is 0 Å². The van der Waals surface area contributed by atoms with Gasteiger partial charge < -0.3 is 10.1 Å². The van der Waals surface area contributed by atoms with Crippen molar-refractivity contribution in [3.8, 4) is 0 Å². The number of aromatic nitrogens is 2. The SMILES string of the molecule is COC(C)c1nnc(CCNC(C)(C)C)s1. The minimum atomic E-state index is 0.0434. The van der Waals surface area contributed by atoms with Gasteiger partial charge in [-0.3, -0.25) is 0 Å². The van der Waals surface area contributed by atoms with Gasteiger partial charge >= 0.3 is 0 Å². The fourth-order valence-electron chi connectivity index (χ4n) is 1.18. The first kappa shape index (κ1) is 13.5.